The molecule has 0 atom stereocenters. The first-order chi connectivity index (χ1) is 17.2. The highest BCUT2D eigenvalue weighted by molar-refractivity contribution is 8.00. The second-order valence-corrected chi connectivity index (χ2v) is 9.21. The van der Waals surface area contributed by atoms with Crippen molar-refractivity contribution in [3.05, 3.63) is 131 Å². The molecule has 0 aliphatic rings. The van der Waals surface area contributed by atoms with Crippen LogP contribution in [-0.2, 0) is 22.4 Å². The molecule has 4 aromatic carbocycles. The van der Waals surface area contributed by atoms with Crippen LogP contribution in [0, 0.1) is 0 Å². The smallest absolute Gasteiger partial charge is 0.234 e. The number of hydrogen-bond donors (Lipinski definition) is 2. The number of benzene rings is 4. The highest BCUT2D eigenvalue weighted by atomic mass is 32.2. The fourth-order valence-electron chi connectivity index (χ4n) is 3.83. The molecule has 0 saturated heterocycles. The molecule has 0 saturated carbocycles. The van der Waals surface area contributed by atoms with E-state index in [-0.39, 0.29) is 23.3 Å². The first kappa shape index (κ1) is 24.3. The Morgan fingerprint density at radius 1 is 0.514 bits per heavy atom. The van der Waals surface area contributed by atoms with Gasteiger partial charge in [-0.05, 0) is 47.2 Å². The van der Waals surface area contributed by atoms with Crippen molar-refractivity contribution in [2.75, 3.05) is 22.1 Å². The molecule has 0 aliphatic carbocycles. The van der Waals surface area contributed by atoms with Gasteiger partial charge in [-0.3, -0.25) is 9.59 Å². The number of carbonyl (C=O) groups excluding carboxylic acids is 2. The van der Waals surface area contributed by atoms with E-state index in [2.05, 4.69) is 34.9 Å². The highest BCUT2D eigenvalue weighted by Gasteiger charge is 2.11. The van der Waals surface area contributed by atoms with Crippen LogP contribution in [0.25, 0.3) is 0 Å². The van der Waals surface area contributed by atoms with Crippen molar-refractivity contribution in [1.82, 2.24) is 0 Å². The van der Waals surface area contributed by atoms with E-state index >= 15 is 0 Å². The Balaban J connectivity index is 1.27. The van der Waals surface area contributed by atoms with Crippen LogP contribution in [0.4, 0.5) is 11.4 Å². The maximum Gasteiger partial charge on any atom is 0.234 e. The fraction of sp³-hybridized carbons (Fsp3) is 0.133. The molecule has 4 nitrogen and oxygen atoms in total. The summed E-state index contributed by atoms with van der Waals surface area (Å²) in [7, 11) is 0. The van der Waals surface area contributed by atoms with E-state index < -0.39 is 0 Å². The maximum absolute atomic E-state index is 12.6. The SMILES string of the molecule is O=C(CSCC(=O)Nc1ccccc1Cc1ccccc1)Nc1ccccc1Cc1ccccc1. The van der Waals surface area contributed by atoms with Gasteiger partial charge in [0.05, 0.1) is 11.5 Å². The summed E-state index contributed by atoms with van der Waals surface area (Å²) in [5.41, 5.74) is 6.11. The molecular weight excluding hydrogens is 452 g/mol. The van der Waals surface area contributed by atoms with Crippen molar-refractivity contribution in [3.63, 3.8) is 0 Å². The van der Waals surface area contributed by atoms with Gasteiger partial charge in [0.2, 0.25) is 11.8 Å². The summed E-state index contributed by atoms with van der Waals surface area (Å²) in [6, 6.07) is 36.0. The number of nitrogens with one attached hydrogen (secondary N) is 2. The van der Waals surface area contributed by atoms with E-state index in [0.717, 1.165) is 35.3 Å². The predicted octanol–water partition coefficient (Wildman–Crippen LogP) is 6.18. The summed E-state index contributed by atoms with van der Waals surface area (Å²) in [5.74, 6) is 0.179. The van der Waals surface area contributed by atoms with Crippen molar-refractivity contribution in [2.24, 2.45) is 0 Å². The molecule has 4 aromatic rings. The topological polar surface area (TPSA) is 58.2 Å². The zero-order chi connectivity index (χ0) is 24.3. The highest BCUT2D eigenvalue weighted by Crippen LogP contribution is 2.21. The number of carbonyl (C=O) groups is 2. The Labute approximate surface area is 210 Å². The molecule has 0 radical (unpaired) electrons. The molecule has 0 bridgehead atoms. The number of rotatable bonds is 10. The number of thioether (sulfide) groups is 1. The van der Waals surface area contributed by atoms with Crippen LogP contribution in [0.5, 0.6) is 0 Å². The minimum Gasteiger partial charge on any atom is -0.325 e. The van der Waals surface area contributed by atoms with Gasteiger partial charge in [0.15, 0.2) is 0 Å². The van der Waals surface area contributed by atoms with Gasteiger partial charge in [0.25, 0.3) is 0 Å². The molecule has 2 amide bonds. The van der Waals surface area contributed by atoms with Crippen molar-refractivity contribution < 1.29 is 9.59 Å². The Bertz CT molecular complexity index is 1160. The lowest BCUT2D eigenvalue weighted by molar-refractivity contribution is -0.114. The van der Waals surface area contributed by atoms with Crippen LogP contribution < -0.4 is 10.6 Å². The summed E-state index contributed by atoms with van der Waals surface area (Å²) in [5, 5.41) is 6.00. The minimum atomic E-state index is -0.118. The lowest BCUT2D eigenvalue weighted by Crippen LogP contribution is -2.19. The number of hydrogen-bond acceptors (Lipinski definition) is 3. The summed E-state index contributed by atoms with van der Waals surface area (Å²) in [4.78, 5) is 25.1. The van der Waals surface area contributed by atoms with Crippen molar-refractivity contribution in [1.29, 1.82) is 0 Å². The van der Waals surface area contributed by atoms with Crippen LogP contribution >= 0.6 is 11.8 Å². The van der Waals surface area contributed by atoms with Gasteiger partial charge in [-0.25, -0.2) is 0 Å². The first-order valence-electron chi connectivity index (χ1n) is 11.6. The largest absolute Gasteiger partial charge is 0.325 e. The summed E-state index contributed by atoms with van der Waals surface area (Å²) >= 11 is 1.30. The molecule has 4 rings (SSSR count). The van der Waals surface area contributed by atoms with Gasteiger partial charge >= 0.3 is 0 Å². The molecule has 0 spiro atoms. The zero-order valence-electron chi connectivity index (χ0n) is 19.4. The van der Waals surface area contributed by atoms with Gasteiger partial charge in [-0.1, -0.05) is 97.1 Å². The monoisotopic (exact) mass is 480 g/mol. The Morgan fingerprint density at radius 3 is 1.31 bits per heavy atom. The molecule has 0 aliphatic heterocycles. The number of anilines is 2. The predicted molar refractivity (Wildman–Crippen MR) is 146 cm³/mol. The average molecular weight is 481 g/mol. The van der Waals surface area contributed by atoms with E-state index in [9.17, 15) is 9.59 Å². The molecule has 0 fully saturated rings. The average Bonchev–Trinajstić information content (AvgIpc) is 2.88. The number of amides is 2. The van der Waals surface area contributed by atoms with Crippen molar-refractivity contribution in [2.45, 2.75) is 12.8 Å². The molecule has 5 heteroatoms. The maximum atomic E-state index is 12.6. The van der Waals surface area contributed by atoms with Gasteiger partial charge in [-0.2, -0.15) is 0 Å². The second kappa shape index (κ2) is 12.6. The summed E-state index contributed by atoms with van der Waals surface area (Å²) in [6.07, 6.45) is 1.49. The van der Waals surface area contributed by atoms with Crippen LogP contribution in [0.3, 0.4) is 0 Å². The molecule has 35 heavy (non-hydrogen) atoms. The lowest BCUT2D eigenvalue weighted by atomic mass is 10.0. The first-order valence-corrected chi connectivity index (χ1v) is 12.7. The van der Waals surface area contributed by atoms with Crippen molar-refractivity contribution in [3.8, 4) is 0 Å². The second-order valence-electron chi connectivity index (χ2n) is 8.23. The Morgan fingerprint density at radius 2 is 0.886 bits per heavy atom. The molecule has 176 valence electrons. The van der Waals surface area contributed by atoms with E-state index in [4.69, 9.17) is 0 Å². The van der Waals surface area contributed by atoms with Crippen LogP contribution in [0.15, 0.2) is 109 Å². The van der Waals surface area contributed by atoms with Gasteiger partial charge < -0.3 is 10.6 Å². The Hall–Kier alpha value is -3.83. The fourth-order valence-corrected chi connectivity index (χ4v) is 4.45. The summed E-state index contributed by atoms with van der Waals surface area (Å²) in [6.45, 7) is 0. The molecule has 0 unspecified atom stereocenters. The van der Waals surface area contributed by atoms with Gasteiger partial charge in [0.1, 0.15) is 0 Å². The van der Waals surface area contributed by atoms with Crippen LogP contribution in [-0.4, -0.2) is 23.3 Å². The minimum absolute atomic E-state index is 0.118. The van der Waals surface area contributed by atoms with Crippen molar-refractivity contribution >= 4 is 35.0 Å². The molecule has 0 aromatic heterocycles. The van der Waals surface area contributed by atoms with E-state index in [0.29, 0.717) is 0 Å². The van der Waals surface area contributed by atoms with Crippen LogP contribution in [0.1, 0.15) is 22.3 Å². The third kappa shape index (κ3) is 7.59. The summed E-state index contributed by atoms with van der Waals surface area (Å²) < 4.78 is 0. The normalized spacial score (nSPS) is 10.5. The third-order valence-corrected chi connectivity index (χ3v) is 6.46. The van der Waals surface area contributed by atoms with Crippen LogP contribution in [0.2, 0.25) is 0 Å². The lowest BCUT2D eigenvalue weighted by Gasteiger charge is -2.12. The zero-order valence-corrected chi connectivity index (χ0v) is 20.3. The molecular formula is C30H28N2O2S. The Kier molecular flexibility index (Phi) is 8.74. The van der Waals surface area contributed by atoms with E-state index in [1.54, 1.807) is 0 Å². The molecule has 2 N–H and O–H groups in total. The van der Waals surface area contributed by atoms with E-state index in [1.807, 2.05) is 84.9 Å². The third-order valence-electron chi connectivity index (χ3n) is 5.52. The van der Waals surface area contributed by atoms with E-state index in [1.165, 1.54) is 22.9 Å². The number of para-hydroxylation sites is 2. The molecule has 0 heterocycles. The quantitative estimate of drug-likeness (QED) is 0.285. The van der Waals surface area contributed by atoms with Gasteiger partial charge in [-0.15, -0.1) is 11.8 Å². The standard InChI is InChI=1S/C30H28N2O2S/c33-29(31-27-17-9-7-15-25(27)19-23-11-3-1-4-12-23)21-35-22-30(34)32-28-18-10-8-16-26(28)20-24-13-5-2-6-14-24/h1-18H,19-22H2,(H,31,33)(H,32,34). The van der Waals surface area contributed by atoms with Gasteiger partial charge in [0, 0.05) is 11.4 Å².